The van der Waals surface area contributed by atoms with Crippen LogP contribution in [-0.2, 0) is 10.2 Å². The minimum atomic E-state index is -0.511. The van der Waals surface area contributed by atoms with Gasteiger partial charge in [-0.3, -0.25) is 0 Å². The molecular weight excluding hydrogens is 162 g/mol. The molecule has 0 N–H and O–H groups in total. The molecule has 0 saturated heterocycles. The standard InChI is InChI=1S/C11H9NO/c12-8-11(6-10(11)7-13)9-4-2-1-3-5-9/h1-5,7,10H,6H2. The van der Waals surface area contributed by atoms with Gasteiger partial charge in [-0.2, -0.15) is 5.26 Å². The third kappa shape index (κ3) is 1.05. The van der Waals surface area contributed by atoms with Crippen molar-refractivity contribution >= 4 is 6.29 Å². The molecule has 1 saturated carbocycles. The first kappa shape index (κ1) is 8.00. The highest BCUT2D eigenvalue weighted by Gasteiger charge is 2.56. The lowest BCUT2D eigenvalue weighted by molar-refractivity contribution is -0.109. The van der Waals surface area contributed by atoms with Crippen molar-refractivity contribution < 1.29 is 4.79 Å². The molecule has 0 spiro atoms. The van der Waals surface area contributed by atoms with Gasteiger partial charge >= 0.3 is 0 Å². The summed E-state index contributed by atoms with van der Waals surface area (Å²) in [5.74, 6) is -0.0973. The van der Waals surface area contributed by atoms with Gasteiger partial charge in [0.2, 0.25) is 0 Å². The van der Waals surface area contributed by atoms with E-state index in [2.05, 4.69) is 6.07 Å². The van der Waals surface area contributed by atoms with E-state index in [0.717, 1.165) is 11.8 Å². The molecule has 2 heteroatoms. The Morgan fingerprint density at radius 3 is 2.62 bits per heavy atom. The molecule has 1 aliphatic carbocycles. The molecule has 13 heavy (non-hydrogen) atoms. The van der Waals surface area contributed by atoms with Crippen LogP contribution in [0.1, 0.15) is 12.0 Å². The number of hydrogen-bond acceptors (Lipinski definition) is 2. The quantitative estimate of drug-likeness (QED) is 0.635. The van der Waals surface area contributed by atoms with Gasteiger partial charge in [0, 0.05) is 5.92 Å². The summed E-state index contributed by atoms with van der Waals surface area (Å²) in [5.41, 5.74) is 0.456. The Morgan fingerprint density at radius 2 is 2.15 bits per heavy atom. The second kappa shape index (κ2) is 2.70. The Morgan fingerprint density at radius 1 is 1.46 bits per heavy atom. The normalized spacial score (nSPS) is 30.5. The van der Waals surface area contributed by atoms with Gasteiger partial charge in [-0.05, 0) is 12.0 Å². The molecule has 64 valence electrons. The van der Waals surface area contributed by atoms with Gasteiger partial charge in [-0.1, -0.05) is 30.3 Å². The number of nitriles is 1. The van der Waals surface area contributed by atoms with Crippen LogP contribution in [-0.4, -0.2) is 6.29 Å². The van der Waals surface area contributed by atoms with Crippen molar-refractivity contribution in [2.75, 3.05) is 0 Å². The topological polar surface area (TPSA) is 40.9 Å². The zero-order valence-electron chi connectivity index (χ0n) is 7.10. The highest BCUT2D eigenvalue weighted by Crippen LogP contribution is 2.52. The second-order valence-corrected chi connectivity index (χ2v) is 3.40. The number of carbonyl (C=O) groups is 1. The number of carbonyl (C=O) groups excluding carboxylic acids is 1. The summed E-state index contributed by atoms with van der Waals surface area (Å²) in [6.45, 7) is 0. The number of benzene rings is 1. The van der Waals surface area contributed by atoms with E-state index in [1.165, 1.54) is 0 Å². The molecule has 0 aliphatic heterocycles. The van der Waals surface area contributed by atoms with Crippen molar-refractivity contribution in [2.45, 2.75) is 11.8 Å². The van der Waals surface area contributed by atoms with E-state index in [0.29, 0.717) is 6.42 Å². The molecule has 2 unspecified atom stereocenters. The first-order chi connectivity index (χ1) is 6.33. The molecule has 0 aromatic heterocycles. The van der Waals surface area contributed by atoms with Gasteiger partial charge in [-0.15, -0.1) is 0 Å². The summed E-state index contributed by atoms with van der Waals surface area (Å²) in [7, 11) is 0. The van der Waals surface area contributed by atoms with Crippen molar-refractivity contribution in [2.24, 2.45) is 5.92 Å². The largest absolute Gasteiger partial charge is 0.303 e. The van der Waals surface area contributed by atoms with E-state index in [1.54, 1.807) is 0 Å². The van der Waals surface area contributed by atoms with E-state index in [4.69, 9.17) is 5.26 Å². The molecule has 1 aliphatic rings. The highest BCUT2D eigenvalue weighted by molar-refractivity contribution is 5.67. The van der Waals surface area contributed by atoms with E-state index in [-0.39, 0.29) is 5.92 Å². The molecule has 2 rings (SSSR count). The molecule has 0 amide bonds. The van der Waals surface area contributed by atoms with Crippen LogP contribution in [0.25, 0.3) is 0 Å². The molecule has 2 atom stereocenters. The van der Waals surface area contributed by atoms with Crippen LogP contribution in [0.15, 0.2) is 30.3 Å². The van der Waals surface area contributed by atoms with Gasteiger partial charge < -0.3 is 4.79 Å². The molecule has 1 aromatic carbocycles. The van der Waals surface area contributed by atoms with Gasteiger partial charge in [0.25, 0.3) is 0 Å². The number of hydrogen-bond donors (Lipinski definition) is 0. The van der Waals surface area contributed by atoms with Crippen LogP contribution in [0.3, 0.4) is 0 Å². The van der Waals surface area contributed by atoms with Crippen LogP contribution in [0.5, 0.6) is 0 Å². The predicted octanol–water partition coefficient (Wildman–Crippen LogP) is 1.67. The van der Waals surface area contributed by atoms with Crippen molar-refractivity contribution in [3.63, 3.8) is 0 Å². The van der Waals surface area contributed by atoms with Crippen LogP contribution in [0.2, 0.25) is 0 Å². The van der Waals surface area contributed by atoms with Crippen molar-refractivity contribution in [1.29, 1.82) is 5.26 Å². The Hall–Kier alpha value is -1.62. The van der Waals surface area contributed by atoms with Crippen LogP contribution < -0.4 is 0 Å². The Balaban J connectivity index is 2.37. The molecule has 2 nitrogen and oxygen atoms in total. The van der Waals surface area contributed by atoms with Crippen LogP contribution >= 0.6 is 0 Å². The summed E-state index contributed by atoms with van der Waals surface area (Å²) in [6, 6.07) is 11.8. The molecule has 1 aromatic rings. The zero-order valence-corrected chi connectivity index (χ0v) is 7.10. The van der Waals surface area contributed by atoms with Crippen LogP contribution in [0, 0.1) is 17.2 Å². The minimum Gasteiger partial charge on any atom is -0.303 e. The van der Waals surface area contributed by atoms with Gasteiger partial charge in [0.1, 0.15) is 6.29 Å². The SMILES string of the molecule is N#CC1(c2ccccc2)CC1C=O. The average molecular weight is 171 g/mol. The van der Waals surface area contributed by atoms with E-state index >= 15 is 0 Å². The monoisotopic (exact) mass is 171 g/mol. The maximum Gasteiger partial charge on any atom is 0.125 e. The van der Waals surface area contributed by atoms with E-state index in [9.17, 15) is 4.79 Å². The van der Waals surface area contributed by atoms with Gasteiger partial charge in [-0.25, -0.2) is 0 Å². The fourth-order valence-corrected chi connectivity index (χ4v) is 1.71. The predicted molar refractivity (Wildman–Crippen MR) is 47.9 cm³/mol. The van der Waals surface area contributed by atoms with Crippen molar-refractivity contribution in [3.05, 3.63) is 35.9 Å². The Bertz CT molecular complexity index is 365. The van der Waals surface area contributed by atoms with Crippen molar-refractivity contribution in [1.82, 2.24) is 0 Å². The minimum absolute atomic E-state index is 0.0973. The van der Waals surface area contributed by atoms with Gasteiger partial charge in [0.15, 0.2) is 0 Å². The fourth-order valence-electron chi connectivity index (χ4n) is 1.71. The van der Waals surface area contributed by atoms with Gasteiger partial charge in [0.05, 0.1) is 11.5 Å². The maximum absolute atomic E-state index is 10.6. The lowest BCUT2D eigenvalue weighted by Crippen LogP contribution is -2.07. The number of rotatable bonds is 2. The number of aldehydes is 1. The zero-order chi connectivity index (χ0) is 9.31. The maximum atomic E-state index is 10.6. The fraction of sp³-hybridized carbons (Fsp3) is 0.273. The smallest absolute Gasteiger partial charge is 0.125 e. The lowest BCUT2D eigenvalue weighted by Gasteiger charge is -2.05. The summed E-state index contributed by atoms with van der Waals surface area (Å²) in [4.78, 5) is 10.6. The second-order valence-electron chi connectivity index (χ2n) is 3.40. The summed E-state index contributed by atoms with van der Waals surface area (Å²) in [5, 5.41) is 9.00. The number of nitrogens with zero attached hydrogens (tertiary/aromatic N) is 1. The van der Waals surface area contributed by atoms with E-state index in [1.807, 2.05) is 30.3 Å². The molecule has 0 heterocycles. The molecule has 0 radical (unpaired) electrons. The average Bonchev–Trinajstić information content (AvgIpc) is 2.94. The van der Waals surface area contributed by atoms with E-state index < -0.39 is 5.41 Å². The molecule has 1 fully saturated rings. The molecular formula is C11H9NO. The summed E-state index contributed by atoms with van der Waals surface area (Å²) in [6.07, 6.45) is 1.56. The third-order valence-electron chi connectivity index (χ3n) is 2.67. The summed E-state index contributed by atoms with van der Waals surface area (Å²) < 4.78 is 0. The first-order valence-corrected chi connectivity index (χ1v) is 4.25. The Labute approximate surface area is 76.8 Å². The highest BCUT2D eigenvalue weighted by atomic mass is 16.1. The van der Waals surface area contributed by atoms with Crippen molar-refractivity contribution in [3.8, 4) is 6.07 Å². The molecule has 0 bridgehead atoms. The summed E-state index contributed by atoms with van der Waals surface area (Å²) >= 11 is 0. The lowest BCUT2D eigenvalue weighted by atomic mass is 9.95. The first-order valence-electron chi connectivity index (χ1n) is 4.25. The van der Waals surface area contributed by atoms with Crippen LogP contribution in [0.4, 0.5) is 0 Å². The Kier molecular flexibility index (Phi) is 1.66. The third-order valence-corrected chi connectivity index (χ3v) is 2.67.